The van der Waals surface area contributed by atoms with E-state index in [-0.39, 0.29) is 16.9 Å². The highest BCUT2D eigenvalue weighted by molar-refractivity contribution is 8.16. The maximum atomic E-state index is 11.4. The normalized spacial score (nSPS) is 14.8. The Hall–Kier alpha value is -0.770. The van der Waals surface area contributed by atoms with Crippen molar-refractivity contribution in [2.24, 2.45) is 5.92 Å². The molecule has 108 valence electrons. The molecule has 1 fully saturated rings. The topological polar surface area (TPSA) is 46.2 Å². The molecule has 0 spiro atoms. The van der Waals surface area contributed by atoms with Crippen molar-refractivity contribution < 1.29 is 9.59 Å². The van der Waals surface area contributed by atoms with E-state index < -0.39 is 0 Å². The third-order valence-corrected chi connectivity index (χ3v) is 3.98. The summed E-state index contributed by atoms with van der Waals surface area (Å²) in [5.41, 5.74) is 0. The molecule has 0 unspecified atom stereocenters. The zero-order chi connectivity index (χ0) is 13.9. The van der Waals surface area contributed by atoms with Gasteiger partial charge < -0.3 is 5.32 Å². The maximum absolute atomic E-state index is 11.4. The van der Waals surface area contributed by atoms with Gasteiger partial charge in [-0.3, -0.25) is 9.59 Å². The van der Waals surface area contributed by atoms with Crippen molar-refractivity contribution in [2.75, 3.05) is 6.54 Å². The zero-order valence-electron chi connectivity index (χ0n) is 11.8. The Labute approximate surface area is 120 Å². The summed E-state index contributed by atoms with van der Waals surface area (Å²) in [6.07, 6.45) is 10.8. The molecular formula is C15H25NO2S. The molecule has 1 amide bonds. The standard InChI is InChI=1S/C15H25NO2S/c1-2-3-4-5-6-7-11-16-14(17)10-12-19-15(18)13-8-9-13/h10,12-13H,2-9,11H2,1H3,(H,16,17)/b12-10-. The molecule has 0 saturated heterocycles. The second kappa shape index (κ2) is 10.1. The number of rotatable bonds is 10. The molecule has 0 heterocycles. The lowest BCUT2D eigenvalue weighted by atomic mass is 10.1. The first-order valence-corrected chi connectivity index (χ1v) is 8.27. The molecule has 1 saturated carbocycles. The summed E-state index contributed by atoms with van der Waals surface area (Å²) in [4.78, 5) is 22.8. The van der Waals surface area contributed by atoms with Crippen LogP contribution in [0.2, 0.25) is 0 Å². The lowest BCUT2D eigenvalue weighted by Gasteiger charge is -2.02. The number of hydrogen-bond donors (Lipinski definition) is 1. The van der Waals surface area contributed by atoms with E-state index in [9.17, 15) is 9.59 Å². The minimum Gasteiger partial charge on any atom is -0.353 e. The van der Waals surface area contributed by atoms with Crippen LogP contribution >= 0.6 is 11.8 Å². The van der Waals surface area contributed by atoms with Crippen LogP contribution in [0.3, 0.4) is 0 Å². The molecular weight excluding hydrogens is 258 g/mol. The van der Waals surface area contributed by atoms with E-state index in [1.54, 1.807) is 5.41 Å². The van der Waals surface area contributed by atoms with Gasteiger partial charge in [0.05, 0.1) is 0 Å². The van der Waals surface area contributed by atoms with Crippen molar-refractivity contribution in [3.05, 3.63) is 11.5 Å². The van der Waals surface area contributed by atoms with Gasteiger partial charge in [-0.2, -0.15) is 0 Å². The van der Waals surface area contributed by atoms with Crippen molar-refractivity contribution in [3.63, 3.8) is 0 Å². The number of hydrogen-bond acceptors (Lipinski definition) is 3. The molecule has 0 aromatic carbocycles. The third kappa shape index (κ3) is 8.87. The second-order valence-electron chi connectivity index (χ2n) is 5.07. The van der Waals surface area contributed by atoms with Gasteiger partial charge in [-0.1, -0.05) is 50.8 Å². The summed E-state index contributed by atoms with van der Waals surface area (Å²) in [5, 5.41) is 4.64. The molecule has 0 aromatic rings. The van der Waals surface area contributed by atoms with E-state index in [0.717, 1.165) is 37.6 Å². The van der Waals surface area contributed by atoms with Gasteiger partial charge in [0, 0.05) is 18.5 Å². The Morgan fingerprint density at radius 3 is 2.53 bits per heavy atom. The van der Waals surface area contributed by atoms with Crippen LogP contribution in [0.15, 0.2) is 11.5 Å². The predicted octanol–water partition coefficient (Wildman–Crippen LogP) is 3.65. The lowest BCUT2D eigenvalue weighted by Crippen LogP contribution is -2.21. The van der Waals surface area contributed by atoms with E-state index in [0.29, 0.717) is 0 Å². The smallest absolute Gasteiger partial charge is 0.244 e. The molecule has 0 radical (unpaired) electrons. The van der Waals surface area contributed by atoms with Gasteiger partial charge in [0.2, 0.25) is 5.91 Å². The number of thioether (sulfide) groups is 1. The maximum Gasteiger partial charge on any atom is 0.244 e. The first-order valence-electron chi connectivity index (χ1n) is 7.39. The van der Waals surface area contributed by atoms with Gasteiger partial charge >= 0.3 is 0 Å². The van der Waals surface area contributed by atoms with E-state index in [1.807, 2.05) is 0 Å². The fourth-order valence-electron chi connectivity index (χ4n) is 1.75. The number of carbonyl (C=O) groups excluding carboxylic acids is 2. The lowest BCUT2D eigenvalue weighted by molar-refractivity contribution is -0.116. The van der Waals surface area contributed by atoms with Crippen molar-refractivity contribution in [1.82, 2.24) is 5.32 Å². The molecule has 0 atom stereocenters. The summed E-state index contributed by atoms with van der Waals surface area (Å²) in [6, 6.07) is 0. The Balaban J connectivity index is 1.92. The highest BCUT2D eigenvalue weighted by atomic mass is 32.2. The fraction of sp³-hybridized carbons (Fsp3) is 0.733. The molecule has 19 heavy (non-hydrogen) atoms. The zero-order valence-corrected chi connectivity index (χ0v) is 12.6. The highest BCUT2D eigenvalue weighted by Crippen LogP contribution is 2.34. The molecule has 4 heteroatoms. The monoisotopic (exact) mass is 283 g/mol. The van der Waals surface area contributed by atoms with Crippen LogP contribution in [0.1, 0.15) is 58.3 Å². The molecule has 0 aliphatic heterocycles. The summed E-state index contributed by atoms with van der Waals surface area (Å²) in [5.74, 6) is 0.158. The molecule has 3 nitrogen and oxygen atoms in total. The largest absolute Gasteiger partial charge is 0.353 e. The van der Waals surface area contributed by atoms with Gasteiger partial charge in [0.15, 0.2) is 5.12 Å². The molecule has 1 aliphatic rings. The van der Waals surface area contributed by atoms with Crippen LogP contribution in [0.5, 0.6) is 0 Å². The van der Waals surface area contributed by atoms with Crippen molar-refractivity contribution in [3.8, 4) is 0 Å². The first kappa shape index (κ1) is 16.3. The van der Waals surface area contributed by atoms with Crippen LogP contribution in [0, 0.1) is 5.92 Å². The number of carbonyl (C=O) groups is 2. The Kier molecular flexibility index (Phi) is 8.63. The summed E-state index contributed by atoms with van der Waals surface area (Å²) in [7, 11) is 0. The summed E-state index contributed by atoms with van der Waals surface area (Å²) in [6.45, 7) is 2.94. The Morgan fingerprint density at radius 2 is 1.84 bits per heavy atom. The minimum atomic E-state index is -0.0929. The molecule has 1 N–H and O–H groups in total. The van der Waals surface area contributed by atoms with E-state index in [4.69, 9.17) is 0 Å². The summed E-state index contributed by atoms with van der Waals surface area (Å²) < 4.78 is 0. The highest BCUT2D eigenvalue weighted by Gasteiger charge is 2.29. The van der Waals surface area contributed by atoms with Crippen molar-refractivity contribution in [2.45, 2.75) is 58.3 Å². The quantitative estimate of drug-likeness (QED) is 0.492. The van der Waals surface area contributed by atoms with Crippen LogP contribution in [0.4, 0.5) is 0 Å². The van der Waals surface area contributed by atoms with Crippen LogP contribution in [-0.2, 0) is 9.59 Å². The van der Waals surface area contributed by atoms with Gasteiger partial charge in [-0.05, 0) is 24.7 Å². The SMILES string of the molecule is CCCCCCCCNC(=O)/C=C\SC(=O)C1CC1. The van der Waals surface area contributed by atoms with Gasteiger partial charge in [-0.25, -0.2) is 0 Å². The van der Waals surface area contributed by atoms with Gasteiger partial charge in [0.1, 0.15) is 0 Å². The van der Waals surface area contributed by atoms with Crippen LogP contribution in [-0.4, -0.2) is 17.6 Å². The number of amides is 1. The van der Waals surface area contributed by atoms with Crippen LogP contribution in [0.25, 0.3) is 0 Å². The van der Waals surface area contributed by atoms with E-state index in [1.165, 1.54) is 38.2 Å². The number of unbranched alkanes of at least 4 members (excludes halogenated alkanes) is 5. The molecule has 1 rings (SSSR count). The molecule has 0 bridgehead atoms. The molecule has 0 aromatic heterocycles. The average molecular weight is 283 g/mol. The Morgan fingerprint density at radius 1 is 1.16 bits per heavy atom. The van der Waals surface area contributed by atoms with Crippen molar-refractivity contribution in [1.29, 1.82) is 0 Å². The Bertz CT molecular complexity index is 311. The van der Waals surface area contributed by atoms with Crippen LogP contribution < -0.4 is 5.32 Å². The van der Waals surface area contributed by atoms with E-state index in [2.05, 4.69) is 12.2 Å². The molecule has 1 aliphatic carbocycles. The van der Waals surface area contributed by atoms with Crippen molar-refractivity contribution >= 4 is 22.8 Å². The van der Waals surface area contributed by atoms with Gasteiger partial charge in [-0.15, -0.1) is 0 Å². The first-order chi connectivity index (χ1) is 9.24. The average Bonchev–Trinajstić information content (AvgIpc) is 3.22. The fourth-order valence-corrected chi connectivity index (χ4v) is 2.51. The van der Waals surface area contributed by atoms with Gasteiger partial charge in [0.25, 0.3) is 0 Å². The summed E-state index contributed by atoms with van der Waals surface area (Å²) >= 11 is 1.15. The minimum absolute atomic E-state index is 0.0929. The third-order valence-electron chi connectivity index (χ3n) is 3.14. The second-order valence-corrected chi connectivity index (χ2v) is 5.98. The number of nitrogens with one attached hydrogen (secondary N) is 1. The van der Waals surface area contributed by atoms with E-state index >= 15 is 0 Å². The predicted molar refractivity (Wildman–Crippen MR) is 80.8 cm³/mol.